The quantitative estimate of drug-likeness (QED) is 0.461. The first-order valence-corrected chi connectivity index (χ1v) is 9.78. The van der Waals surface area contributed by atoms with E-state index in [1.54, 1.807) is 24.3 Å². The van der Waals surface area contributed by atoms with E-state index in [1.165, 1.54) is 17.5 Å². The number of rotatable bonds is 5. The molecule has 0 unspecified atom stereocenters. The van der Waals surface area contributed by atoms with Crippen molar-refractivity contribution in [1.29, 1.82) is 0 Å². The van der Waals surface area contributed by atoms with Gasteiger partial charge in [-0.15, -0.1) is 11.3 Å². The molecular weight excluding hydrogens is 396 g/mol. The lowest BCUT2D eigenvalue weighted by Crippen LogP contribution is -2.04. The Morgan fingerprint density at radius 3 is 2.72 bits per heavy atom. The van der Waals surface area contributed by atoms with Crippen LogP contribution in [-0.2, 0) is 6.42 Å². The number of benzene rings is 2. The fourth-order valence-electron chi connectivity index (χ4n) is 3.14. The van der Waals surface area contributed by atoms with Gasteiger partial charge in [0.1, 0.15) is 10.8 Å². The zero-order valence-corrected chi connectivity index (χ0v) is 16.5. The zero-order chi connectivity index (χ0) is 20.5. The molecule has 0 aliphatic carbocycles. The maximum atomic E-state index is 12.5. The summed E-state index contributed by atoms with van der Waals surface area (Å²) in [6, 6.07) is 10.8. The number of hydrogen-bond donors (Lipinski definition) is 1. The molecule has 4 aromatic rings. The molecule has 0 aliphatic rings. The van der Waals surface area contributed by atoms with Crippen molar-refractivity contribution < 1.29 is 18.6 Å². The van der Waals surface area contributed by atoms with E-state index in [9.17, 15) is 13.9 Å². The second-order valence-electron chi connectivity index (χ2n) is 6.47. The predicted molar refractivity (Wildman–Crippen MR) is 108 cm³/mol. The van der Waals surface area contributed by atoms with E-state index in [0.29, 0.717) is 11.0 Å². The van der Waals surface area contributed by atoms with Crippen LogP contribution in [0.15, 0.2) is 42.6 Å². The highest BCUT2D eigenvalue weighted by molar-refractivity contribution is 7.18. The lowest BCUT2D eigenvalue weighted by molar-refractivity contribution is -0.0528. The molecule has 0 fully saturated rings. The summed E-state index contributed by atoms with van der Waals surface area (Å²) >= 11 is 1.50. The molecule has 148 valence electrons. The van der Waals surface area contributed by atoms with Crippen LogP contribution in [0.5, 0.6) is 11.6 Å². The molecule has 29 heavy (non-hydrogen) atoms. The van der Waals surface area contributed by atoms with Gasteiger partial charge in [0.25, 0.3) is 0 Å². The van der Waals surface area contributed by atoms with Gasteiger partial charge in [0.05, 0.1) is 27.8 Å². The van der Waals surface area contributed by atoms with E-state index in [0.717, 1.165) is 38.7 Å². The van der Waals surface area contributed by atoms with Gasteiger partial charge in [0.15, 0.2) is 0 Å². The van der Waals surface area contributed by atoms with Gasteiger partial charge in [-0.1, -0.05) is 19.1 Å². The summed E-state index contributed by atoms with van der Waals surface area (Å²) in [6.07, 6.45) is 1.92. The number of halogens is 2. The largest absolute Gasteiger partial charge is 0.508 e. The number of ether oxygens (including phenoxy) is 1. The maximum Gasteiger partial charge on any atom is 0.388 e. The Morgan fingerprint density at radius 1 is 1.17 bits per heavy atom. The van der Waals surface area contributed by atoms with E-state index in [4.69, 9.17) is 4.98 Å². The summed E-state index contributed by atoms with van der Waals surface area (Å²) in [5, 5.41) is 10.6. The van der Waals surface area contributed by atoms with Crippen LogP contribution >= 0.6 is 11.3 Å². The molecule has 2 aromatic carbocycles. The van der Waals surface area contributed by atoms with Gasteiger partial charge in [-0.05, 0) is 48.7 Å². The number of hydrogen-bond acceptors (Lipinski definition) is 6. The molecule has 8 heteroatoms. The van der Waals surface area contributed by atoms with Gasteiger partial charge in [-0.25, -0.2) is 15.0 Å². The van der Waals surface area contributed by atoms with Crippen molar-refractivity contribution >= 4 is 22.4 Å². The van der Waals surface area contributed by atoms with Crippen molar-refractivity contribution in [3.05, 3.63) is 53.9 Å². The predicted octanol–water partition coefficient (Wildman–Crippen LogP) is 5.60. The smallest absolute Gasteiger partial charge is 0.388 e. The van der Waals surface area contributed by atoms with Crippen LogP contribution < -0.4 is 4.74 Å². The van der Waals surface area contributed by atoms with Crippen molar-refractivity contribution in [2.45, 2.75) is 26.9 Å². The van der Waals surface area contributed by atoms with Crippen LogP contribution in [-0.4, -0.2) is 26.7 Å². The Labute approximate surface area is 169 Å². The van der Waals surface area contributed by atoms with Crippen LogP contribution in [0.4, 0.5) is 8.78 Å². The minimum Gasteiger partial charge on any atom is -0.508 e. The molecule has 5 nitrogen and oxygen atoms in total. The Morgan fingerprint density at radius 2 is 2.00 bits per heavy atom. The minimum atomic E-state index is -2.96. The van der Waals surface area contributed by atoms with E-state index in [1.807, 2.05) is 26.0 Å². The lowest BCUT2D eigenvalue weighted by atomic mass is 10.1. The van der Waals surface area contributed by atoms with Gasteiger partial charge in [0.2, 0.25) is 5.88 Å². The van der Waals surface area contributed by atoms with Crippen LogP contribution in [0.25, 0.3) is 32.0 Å². The first-order chi connectivity index (χ1) is 13.9. The molecule has 0 amide bonds. The van der Waals surface area contributed by atoms with Crippen molar-refractivity contribution in [1.82, 2.24) is 15.0 Å². The molecule has 2 heterocycles. The van der Waals surface area contributed by atoms with Crippen LogP contribution in [0.2, 0.25) is 0 Å². The summed E-state index contributed by atoms with van der Waals surface area (Å²) < 4.78 is 29.4. The SMILES string of the molecule is CCc1nc(-c2cc(C)cc3nc(OC(F)F)cnc23)sc1-c1cccc(O)c1. The molecule has 0 saturated heterocycles. The topological polar surface area (TPSA) is 68.1 Å². The highest BCUT2D eigenvalue weighted by atomic mass is 32.1. The van der Waals surface area contributed by atoms with E-state index >= 15 is 0 Å². The zero-order valence-electron chi connectivity index (χ0n) is 15.7. The molecule has 4 rings (SSSR count). The molecule has 2 aromatic heterocycles. The third-order valence-corrected chi connectivity index (χ3v) is 5.53. The number of phenols is 1. The normalized spacial score (nSPS) is 11.3. The number of fused-ring (bicyclic) bond motifs is 1. The average molecular weight is 413 g/mol. The monoisotopic (exact) mass is 413 g/mol. The third kappa shape index (κ3) is 3.88. The fraction of sp³-hybridized carbons (Fsp3) is 0.190. The standard InChI is InChI=1S/C21H17F2N3O2S/c1-3-15-19(12-5-4-6-13(27)9-12)29-20(26-15)14-7-11(2)8-16-18(14)24-10-17(25-16)28-21(22)23/h4-10,21,27H,3H2,1-2H3. The second kappa shape index (κ2) is 7.71. The number of phenolic OH excluding ortho intramolecular Hbond substituents is 1. The maximum absolute atomic E-state index is 12.5. The molecule has 0 spiro atoms. The van der Waals surface area contributed by atoms with Crippen LogP contribution in [0.3, 0.4) is 0 Å². The first-order valence-electron chi connectivity index (χ1n) is 8.96. The van der Waals surface area contributed by atoms with Crippen LogP contribution in [0.1, 0.15) is 18.2 Å². The molecule has 1 N–H and O–H groups in total. The van der Waals surface area contributed by atoms with Gasteiger partial charge in [0, 0.05) is 5.56 Å². The number of alkyl halides is 2. The van der Waals surface area contributed by atoms with Crippen molar-refractivity contribution in [2.24, 2.45) is 0 Å². The Kier molecular flexibility index (Phi) is 5.10. The molecule has 0 bridgehead atoms. The molecular formula is C21H17F2N3O2S. The Bertz CT molecular complexity index is 1190. The average Bonchev–Trinajstić information content (AvgIpc) is 3.11. The summed E-state index contributed by atoms with van der Waals surface area (Å²) in [7, 11) is 0. The Balaban J connectivity index is 1.86. The van der Waals surface area contributed by atoms with Gasteiger partial charge in [-0.2, -0.15) is 8.78 Å². The number of nitrogens with zero attached hydrogens (tertiary/aromatic N) is 3. The van der Waals surface area contributed by atoms with Crippen molar-refractivity contribution in [3.8, 4) is 32.6 Å². The molecule has 0 radical (unpaired) electrons. The Hall–Kier alpha value is -3.13. The number of aryl methyl sites for hydroxylation is 2. The highest BCUT2D eigenvalue weighted by Gasteiger charge is 2.18. The van der Waals surface area contributed by atoms with Crippen molar-refractivity contribution in [2.75, 3.05) is 0 Å². The van der Waals surface area contributed by atoms with Gasteiger partial charge < -0.3 is 9.84 Å². The lowest BCUT2D eigenvalue weighted by Gasteiger charge is -2.07. The third-order valence-electron chi connectivity index (χ3n) is 4.35. The first kappa shape index (κ1) is 19.2. The summed E-state index contributed by atoms with van der Waals surface area (Å²) in [4.78, 5) is 14.2. The number of aromatic nitrogens is 3. The highest BCUT2D eigenvalue weighted by Crippen LogP contribution is 2.39. The fourth-order valence-corrected chi connectivity index (χ4v) is 4.31. The number of thiazole rings is 1. The second-order valence-corrected chi connectivity index (χ2v) is 7.46. The summed E-state index contributed by atoms with van der Waals surface area (Å²) in [6.45, 7) is 0.963. The molecule has 0 atom stereocenters. The summed E-state index contributed by atoms with van der Waals surface area (Å²) in [5.41, 5.74) is 4.52. The summed E-state index contributed by atoms with van der Waals surface area (Å²) in [5.74, 6) is -0.0316. The molecule has 0 saturated carbocycles. The van der Waals surface area contributed by atoms with E-state index in [-0.39, 0.29) is 11.6 Å². The van der Waals surface area contributed by atoms with Gasteiger partial charge >= 0.3 is 6.61 Å². The van der Waals surface area contributed by atoms with Crippen LogP contribution in [0, 0.1) is 6.92 Å². The minimum absolute atomic E-state index is 0.193. The van der Waals surface area contributed by atoms with E-state index < -0.39 is 6.61 Å². The van der Waals surface area contributed by atoms with E-state index in [2.05, 4.69) is 14.7 Å². The van der Waals surface area contributed by atoms with Gasteiger partial charge in [-0.3, -0.25) is 0 Å². The molecule has 0 aliphatic heterocycles. The number of aromatic hydroxyl groups is 1. The van der Waals surface area contributed by atoms with Crippen molar-refractivity contribution in [3.63, 3.8) is 0 Å².